The Morgan fingerprint density at radius 1 is 1.44 bits per heavy atom. The van der Waals surface area contributed by atoms with E-state index in [2.05, 4.69) is 4.98 Å². The van der Waals surface area contributed by atoms with Gasteiger partial charge >= 0.3 is 5.97 Å². The Morgan fingerprint density at radius 3 is 2.75 bits per heavy atom. The van der Waals surface area contributed by atoms with Crippen LogP contribution in [0.2, 0.25) is 0 Å². The highest BCUT2D eigenvalue weighted by Gasteiger charge is 2.40. The van der Waals surface area contributed by atoms with Crippen molar-refractivity contribution in [2.45, 2.75) is 32.3 Å². The van der Waals surface area contributed by atoms with Gasteiger partial charge in [-0.15, -0.1) is 0 Å². The highest BCUT2D eigenvalue weighted by atomic mass is 16.6. The molecule has 16 heavy (non-hydrogen) atoms. The number of cyclic esters (lactones) is 1. The normalized spacial score (nSPS) is 22.2. The summed E-state index contributed by atoms with van der Waals surface area (Å²) in [5, 5.41) is 0. The van der Waals surface area contributed by atoms with Crippen LogP contribution in [-0.2, 0) is 4.74 Å². The summed E-state index contributed by atoms with van der Waals surface area (Å²) >= 11 is 0. The average molecular weight is 221 g/mol. The van der Waals surface area contributed by atoms with Crippen LogP contribution in [0.15, 0.2) is 12.1 Å². The minimum Gasteiger partial charge on any atom is -0.481 e. The summed E-state index contributed by atoms with van der Waals surface area (Å²) in [7, 11) is 1.56. The van der Waals surface area contributed by atoms with Crippen LogP contribution in [0, 0.1) is 0 Å². The molecule has 4 heteroatoms. The molecule has 1 aliphatic heterocycles. The van der Waals surface area contributed by atoms with Crippen molar-refractivity contribution in [1.82, 2.24) is 4.98 Å². The maximum absolute atomic E-state index is 11.7. The third-order valence-corrected chi connectivity index (χ3v) is 3.14. The highest BCUT2D eigenvalue weighted by Crippen LogP contribution is 2.37. The Labute approximate surface area is 94.6 Å². The fourth-order valence-corrected chi connectivity index (χ4v) is 1.78. The molecule has 0 fully saturated rings. The summed E-state index contributed by atoms with van der Waals surface area (Å²) < 4.78 is 10.4. The van der Waals surface area contributed by atoms with Gasteiger partial charge in [-0.1, -0.05) is 6.92 Å². The number of pyridine rings is 1. The van der Waals surface area contributed by atoms with Crippen molar-refractivity contribution >= 4 is 5.97 Å². The van der Waals surface area contributed by atoms with Crippen molar-refractivity contribution in [3.8, 4) is 5.88 Å². The van der Waals surface area contributed by atoms with Crippen LogP contribution in [0.25, 0.3) is 0 Å². The van der Waals surface area contributed by atoms with E-state index < -0.39 is 5.60 Å². The van der Waals surface area contributed by atoms with Gasteiger partial charge in [0, 0.05) is 12.0 Å². The number of esters is 1. The smallest absolute Gasteiger partial charge is 0.340 e. The molecular formula is C12H15NO3. The number of hydrogen-bond acceptors (Lipinski definition) is 4. The Hall–Kier alpha value is -1.58. The van der Waals surface area contributed by atoms with Gasteiger partial charge in [-0.25, -0.2) is 9.78 Å². The summed E-state index contributed by atoms with van der Waals surface area (Å²) in [5.41, 5.74) is 0.761. The molecule has 0 radical (unpaired) electrons. The molecule has 1 unspecified atom stereocenters. The van der Waals surface area contributed by atoms with Crippen LogP contribution in [0.1, 0.15) is 42.7 Å². The zero-order chi connectivity index (χ0) is 11.9. The molecule has 4 nitrogen and oxygen atoms in total. The zero-order valence-corrected chi connectivity index (χ0v) is 9.90. The van der Waals surface area contributed by atoms with Gasteiger partial charge in [-0.2, -0.15) is 0 Å². The van der Waals surface area contributed by atoms with Crippen molar-refractivity contribution in [2.75, 3.05) is 7.11 Å². The number of rotatable bonds is 1. The maximum atomic E-state index is 11.7. The summed E-state index contributed by atoms with van der Waals surface area (Å²) in [4.78, 5) is 16.1. The van der Waals surface area contributed by atoms with Gasteiger partial charge in [0.25, 0.3) is 0 Å². The monoisotopic (exact) mass is 221 g/mol. The van der Waals surface area contributed by atoms with Gasteiger partial charge in [-0.05, 0) is 19.9 Å². The van der Waals surface area contributed by atoms with Crippen molar-refractivity contribution in [3.63, 3.8) is 0 Å². The number of ether oxygens (including phenoxy) is 2. The molecule has 0 saturated carbocycles. The first-order valence-corrected chi connectivity index (χ1v) is 5.24. The Morgan fingerprint density at radius 2 is 2.12 bits per heavy atom. The van der Waals surface area contributed by atoms with Crippen LogP contribution >= 0.6 is 0 Å². The van der Waals surface area contributed by atoms with Gasteiger partial charge in [0.2, 0.25) is 5.88 Å². The number of fused-ring (bicyclic) bond motifs is 1. The van der Waals surface area contributed by atoms with E-state index in [0.29, 0.717) is 11.4 Å². The summed E-state index contributed by atoms with van der Waals surface area (Å²) in [6.45, 7) is 5.77. The summed E-state index contributed by atoms with van der Waals surface area (Å²) in [6, 6.07) is 3.38. The van der Waals surface area contributed by atoms with Crippen LogP contribution in [0.5, 0.6) is 5.88 Å². The first-order valence-electron chi connectivity index (χ1n) is 5.24. The minimum atomic E-state index is -0.524. The molecule has 1 aromatic rings. The molecule has 0 aromatic carbocycles. The Kier molecular flexibility index (Phi) is 2.37. The summed E-state index contributed by atoms with van der Waals surface area (Å²) in [6.07, 6.45) is 0. The van der Waals surface area contributed by atoms with E-state index in [-0.39, 0.29) is 11.9 Å². The molecule has 0 saturated heterocycles. The number of carbonyl (C=O) groups excluding carboxylic acids is 1. The second kappa shape index (κ2) is 3.47. The van der Waals surface area contributed by atoms with Gasteiger partial charge in [0.1, 0.15) is 5.60 Å². The second-order valence-electron chi connectivity index (χ2n) is 4.50. The molecular weight excluding hydrogens is 206 g/mol. The number of hydrogen-bond donors (Lipinski definition) is 0. The van der Waals surface area contributed by atoms with Crippen molar-refractivity contribution < 1.29 is 14.3 Å². The number of carbonyl (C=O) groups is 1. The fraction of sp³-hybridized carbons (Fsp3) is 0.500. The van der Waals surface area contributed by atoms with Gasteiger partial charge < -0.3 is 9.47 Å². The molecule has 86 valence electrons. The predicted molar refractivity (Wildman–Crippen MR) is 58.7 cm³/mol. The molecule has 0 aliphatic carbocycles. The molecule has 1 aromatic heterocycles. The molecule has 0 spiro atoms. The van der Waals surface area contributed by atoms with E-state index in [4.69, 9.17) is 9.47 Å². The highest BCUT2D eigenvalue weighted by molar-refractivity contribution is 5.92. The number of methoxy groups -OCH3 is 1. The van der Waals surface area contributed by atoms with E-state index in [0.717, 1.165) is 5.69 Å². The molecule has 0 N–H and O–H groups in total. The van der Waals surface area contributed by atoms with Crippen molar-refractivity contribution in [2.24, 2.45) is 0 Å². The molecule has 1 atom stereocenters. The minimum absolute atomic E-state index is 0.0512. The Bertz CT molecular complexity index is 440. The van der Waals surface area contributed by atoms with Crippen LogP contribution in [0.3, 0.4) is 0 Å². The largest absolute Gasteiger partial charge is 0.481 e. The van der Waals surface area contributed by atoms with E-state index in [1.165, 1.54) is 0 Å². The standard InChI is InChI=1S/C12H15NO3/c1-7-10-8(5-6-9(13-10)15-4)11(14)16-12(7,2)3/h5-7H,1-4H3. The number of nitrogens with zero attached hydrogens (tertiary/aromatic N) is 1. The van der Waals surface area contributed by atoms with Gasteiger partial charge in [-0.3, -0.25) is 0 Å². The van der Waals surface area contributed by atoms with Crippen LogP contribution < -0.4 is 4.74 Å². The molecule has 2 rings (SSSR count). The second-order valence-corrected chi connectivity index (χ2v) is 4.50. The van der Waals surface area contributed by atoms with Crippen LogP contribution in [0.4, 0.5) is 0 Å². The van der Waals surface area contributed by atoms with Gasteiger partial charge in [0.05, 0.1) is 18.4 Å². The van der Waals surface area contributed by atoms with E-state index in [1.54, 1.807) is 19.2 Å². The van der Waals surface area contributed by atoms with E-state index >= 15 is 0 Å². The quantitative estimate of drug-likeness (QED) is 0.682. The van der Waals surface area contributed by atoms with E-state index in [1.807, 2.05) is 20.8 Å². The lowest BCUT2D eigenvalue weighted by Gasteiger charge is -2.36. The first-order chi connectivity index (χ1) is 7.45. The fourth-order valence-electron chi connectivity index (χ4n) is 1.78. The SMILES string of the molecule is COc1ccc2c(n1)C(C)C(C)(C)OC2=O. The molecule has 1 aliphatic rings. The lowest BCUT2D eigenvalue weighted by Crippen LogP contribution is -2.39. The summed E-state index contributed by atoms with van der Waals surface area (Å²) in [5.74, 6) is 0.264. The topological polar surface area (TPSA) is 48.4 Å². The third kappa shape index (κ3) is 1.54. The van der Waals surface area contributed by atoms with Crippen molar-refractivity contribution in [1.29, 1.82) is 0 Å². The Balaban J connectivity index is 2.56. The average Bonchev–Trinajstić information content (AvgIpc) is 2.25. The van der Waals surface area contributed by atoms with Crippen molar-refractivity contribution in [3.05, 3.63) is 23.4 Å². The van der Waals surface area contributed by atoms with Gasteiger partial charge in [0.15, 0.2) is 0 Å². The maximum Gasteiger partial charge on any atom is 0.340 e. The zero-order valence-electron chi connectivity index (χ0n) is 9.90. The molecule has 0 amide bonds. The lowest BCUT2D eigenvalue weighted by atomic mass is 9.84. The lowest BCUT2D eigenvalue weighted by molar-refractivity contribution is -0.0190. The molecule has 0 bridgehead atoms. The molecule has 2 heterocycles. The van der Waals surface area contributed by atoms with Crippen LogP contribution in [-0.4, -0.2) is 23.7 Å². The number of aromatic nitrogens is 1. The van der Waals surface area contributed by atoms with E-state index in [9.17, 15) is 4.79 Å². The third-order valence-electron chi connectivity index (χ3n) is 3.14. The first kappa shape index (κ1) is 10.9. The predicted octanol–water partition coefficient (Wildman–Crippen LogP) is 2.14.